The van der Waals surface area contributed by atoms with Gasteiger partial charge in [0, 0.05) is 12.6 Å². The molecule has 2 aromatic rings. The maximum absolute atomic E-state index is 11.6. The monoisotopic (exact) mass is 272 g/mol. The predicted octanol–water partition coefficient (Wildman–Crippen LogP) is 1.52. The zero-order valence-electron chi connectivity index (χ0n) is 10.9. The number of H-pyrrole nitrogens is 1. The molecule has 2 amide bonds. The quantitative estimate of drug-likeness (QED) is 0.721. The van der Waals surface area contributed by atoms with Crippen molar-refractivity contribution >= 4 is 11.8 Å². The maximum Gasteiger partial charge on any atom is 0.320 e. The van der Waals surface area contributed by atoms with Gasteiger partial charge in [-0.2, -0.15) is 5.10 Å². The molecule has 1 aromatic carbocycles. The molecule has 0 bridgehead atoms. The molecule has 6 heteroatoms. The van der Waals surface area contributed by atoms with Gasteiger partial charge in [0.25, 0.3) is 5.56 Å². The molecule has 104 valence electrons. The van der Waals surface area contributed by atoms with Crippen molar-refractivity contribution in [1.29, 1.82) is 0 Å². The van der Waals surface area contributed by atoms with Crippen LogP contribution in [0.5, 0.6) is 0 Å². The molecule has 0 unspecified atom stereocenters. The van der Waals surface area contributed by atoms with E-state index in [2.05, 4.69) is 33.0 Å². The fourth-order valence-electron chi connectivity index (χ4n) is 1.71. The van der Waals surface area contributed by atoms with E-state index in [1.165, 1.54) is 17.7 Å². The Bertz CT molecular complexity index is 590. The highest BCUT2D eigenvalue weighted by atomic mass is 16.2. The Morgan fingerprint density at radius 3 is 2.65 bits per heavy atom. The van der Waals surface area contributed by atoms with Gasteiger partial charge in [0.2, 0.25) is 0 Å². The maximum atomic E-state index is 11.6. The van der Waals surface area contributed by atoms with E-state index in [-0.39, 0.29) is 11.6 Å². The Balaban J connectivity index is 1.68. The highest BCUT2D eigenvalue weighted by Gasteiger charge is 2.01. The van der Waals surface area contributed by atoms with Crippen LogP contribution in [0, 0.1) is 0 Å². The second kappa shape index (κ2) is 7.08. The van der Waals surface area contributed by atoms with Crippen molar-refractivity contribution in [3.8, 4) is 0 Å². The lowest BCUT2D eigenvalue weighted by molar-refractivity contribution is 0.252. The smallest absolute Gasteiger partial charge is 0.320 e. The van der Waals surface area contributed by atoms with Crippen LogP contribution >= 0.6 is 0 Å². The van der Waals surface area contributed by atoms with Crippen molar-refractivity contribution in [3.05, 3.63) is 58.4 Å². The van der Waals surface area contributed by atoms with Gasteiger partial charge >= 0.3 is 6.03 Å². The molecule has 0 spiro atoms. The number of hydrogen-bond acceptors (Lipinski definition) is 3. The lowest BCUT2D eigenvalue weighted by Crippen LogP contribution is -2.30. The van der Waals surface area contributed by atoms with E-state index in [4.69, 9.17) is 0 Å². The Hall–Kier alpha value is -2.63. The molecule has 2 rings (SSSR count). The van der Waals surface area contributed by atoms with Crippen LogP contribution in [0.1, 0.15) is 12.0 Å². The lowest BCUT2D eigenvalue weighted by atomic mass is 10.1. The molecular weight excluding hydrogens is 256 g/mol. The van der Waals surface area contributed by atoms with Crippen LogP contribution in [-0.4, -0.2) is 22.8 Å². The zero-order valence-corrected chi connectivity index (χ0v) is 10.9. The number of amides is 2. The number of urea groups is 1. The minimum atomic E-state index is -0.336. The van der Waals surface area contributed by atoms with Gasteiger partial charge in [-0.25, -0.2) is 9.89 Å². The van der Waals surface area contributed by atoms with Crippen molar-refractivity contribution in [1.82, 2.24) is 15.5 Å². The fourth-order valence-corrected chi connectivity index (χ4v) is 1.71. The SMILES string of the molecule is O=C(NCCCc1ccccc1)Nc1ccc(=O)[nH]n1. The number of aromatic nitrogens is 2. The van der Waals surface area contributed by atoms with Gasteiger partial charge in [0.15, 0.2) is 5.82 Å². The first kappa shape index (κ1) is 13.8. The van der Waals surface area contributed by atoms with Crippen molar-refractivity contribution in [2.24, 2.45) is 0 Å². The van der Waals surface area contributed by atoms with Gasteiger partial charge in [0.05, 0.1) is 0 Å². The number of carbonyl (C=O) groups excluding carboxylic acids is 1. The van der Waals surface area contributed by atoms with E-state index < -0.39 is 0 Å². The number of anilines is 1. The molecular formula is C14H16N4O2. The molecule has 1 heterocycles. The van der Waals surface area contributed by atoms with E-state index in [0.717, 1.165) is 12.8 Å². The third-order valence-corrected chi connectivity index (χ3v) is 2.69. The summed E-state index contributed by atoms with van der Waals surface area (Å²) >= 11 is 0. The second-order valence-electron chi connectivity index (χ2n) is 4.28. The highest BCUT2D eigenvalue weighted by molar-refractivity contribution is 5.87. The molecule has 0 saturated carbocycles. The average molecular weight is 272 g/mol. The Morgan fingerprint density at radius 1 is 1.15 bits per heavy atom. The molecule has 3 N–H and O–H groups in total. The molecule has 0 radical (unpaired) electrons. The van der Waals surface area contributed by atoms with Crippen LogP contribution in [0.3, 0.4) is 0 Å². The first-order chi connectivity index (χ1) is 9.74. The van der Waals surface area contributed by atoms with Crippen LogP contribution in [0.15, 0.2) is 47.3 Å². The van der Waals surface area contributed by atoms with Crippen molar-refractivity contribution in [2.75, 3.05) is 11.9 Å². The summed E-state index contributed by atoms with van der Waals surface area (Å²) in [5.41, 5.74) is 0.941. The van der Waals surface area contributed by atoms with Crippen molar-refractivity contribution in [3.63, 3.8) is 0 Å². The molecule has 0 atom stereocenters. The van der Waals surface area contributed by atoms with Crippen molar-refractivity contribution < 1.29 is 4.79 Å². The van der Waals surface area contributed by atoms with E-state index in [0.29, 0.717) is 12.4 Å². The minimum Gasteiger partial charge on any atom is -0.338 e. The minimum absolute atomic E-state index is 0.307. The highest BCUT2D eigenvalue weighted by Crippen LogP contribution is 2.01. The van der Waals surface area contributed by atoms with Gasteiger partial charge in [-0.15, -0.1) is 0 Å². The summed E-state index contributed by atoms with van der Waals surface area (Å²) in [6.07, 6.45) is 1.77. The summed E-state index contributed by atoms with van der Waals surface area (Å²) < 4.78 is 0. The number of nitrogens with zero attached hydrogens (tertiary/aromatic N) is 1. The van der Waals surface area contributed by atoms with Crippen LogP contribution in [0.4, 0.5) is 10.6 Å². The topological polar surface area (TPSA) is 86.9 Å². The molecule has 0 aliphatic rings. The second-order valence-corrected chi connectivity index (χ2v) is 4.28. The number of benzene rings is 1. The summed E-state index contributed by atoms with van der Waals surface area (Å²) in [6, 6.07) is 12.5. The van der Waals surface area contributed by atoms with Crippen molar-refractivity contribution in [2.45, 2.75) is 12.8 Å². The Labute approximate surface area is 116 Å². The van der Waals surface area contributed by atoms with Crippen LogP contribution in [-0.2, 0) is 6.42 Å². The van der Waals surface area contributed by atoms with Gasteiger partial charge in [-0.1, -0.05) is 30.3 Å². The summed E-state index contributed by atoms with van der Waals surface area (Å²) in [4.78, 5) is 22.4. The van der Waals surface area contributed by atoms with Gasteiger partial charge in [-0.05, 0) is 24.5 Å². The van der Waals surface area contributed by atoms with Gasteiger partial charge in [-0.3, -0.25) is 10.1 Å². The van der Waals surface area contributed by atoms with Gasteiger partial charge in [0.1, 0.15) is 0 Å². The summed E-state index contributed by atoms with van der Waals surface area (Å²) in [7, 11) is 0. The molecule has 1 aromatic heterocycles. The predicted molar refractivity (Wildman–Crippen MR) is 76.6 cm³/mol. The van der Waals surface area contributed by atoms with Crippen LogP contribution in [0.25, 0.3) is 0 Å². The molecule has 20 heavy (non-hydrogen) atoms. The first-order valence-electron chi connectivity index (χ1n) is 6.38. The number of carbonyl (C=O) groups is 1. The van der Waals surface area contributed by atoms with E-state index in [1.807, 2.05) is 18.2 Å². The summed E-state index contributed by atoms with van der Waals surface area (Å²) in [6.45, 7) is 0.573. The molecule has 0 saturated heterocycles. The molecule has 0 aliphatic heterocycles. The first-order valence-corrected chi connectivity index (χ1v) is 6.38. The summed E-state index contributed by atoms with van der Waals surface area (Å²) in [5.74, 6) is 0.310. The Kier molecular flexibility index (Phi) is 4.88. The largest absolute Gasteiger partial charge is 0.338 e. The number of hydrogen-bond donors (Lipinski definition) is 3. The number of aryl methyl sites for hydroxylation is 1. The zero-order chi connectivity index (χ0) is 14.2. The molecule has 0 fully saturated rings. The number of aromatic amines is 1. The van der Waals surface area contributed by atoms with E-state index in [9.17, 15) is 9.59 Å². The van der Waals surface area contributed by atoms with Crippen LogP contribution in [0.2, 0.25) is 0 Å². The number of nitrogens with one attached hydrogen (secondary N) is 3. The number of rotatable bonds is 5. The van der Waals surface area contributed by atoms with Crippen LogP contribution < -0.4 is 16.2 Å². The van der Waals surface area contributed by atoms with E-state index >= 15 is 0 Å². The van der Waals surface area contributed by atoms with E-state index in [1.54, 1.807) is 0 Å². The fraction of sp³-hybridized carbons (Fsp3) is 0.214. The lowest BCUT2D eigenvalue weighted by Gasteiger charge is -2.06. The third kappa shape index (κ3) is 4.56. The molecule has 0 aliphatic carbocycles. The van der Waals surface area contributed by atoms with Gasteiger partial charge < -0.3 is 5.32 Å². The third-order valence-electron chi connectivity index (χ3n) is 2.69. The Morgan fingerprint density at radius 2 is 1.95 bits per heavy atom. The average Bonchev–Trinajstić information content (AvgIpc) is 2.47. The summed E-state index contributed by atoms with van der Waals surface area (Å²) in [5, 5.41) is 11.2. The normalized spacial score (nSPS) is 10.0. The molecule has 6 nitrogen and oxygen atoms in total. The standard InChI is InChI=1S/C14H16N4O2/c19-13-9-8-12(17-18-13)16-14(20)15-10-4-7-11-5-2-1-3-6-11/h1-3,5-6,8-9H,4,7,10H2,(H,18,19)(H2,15,16,17,20).